The Bertz CT molecular complexity index is 603. The molecule has 0 aliphatic carbocycles. The molecule has 6 N–H and O–H groups in total. The number of hydrogen-bond acceptors (Lipinski definition) is 12. The van der Waals surface area contributed by atoms with E-state index in [0.29, 0.717) is 52.1 Å². The molecular formula is C28H56N4O6S2. The average Bonchev–Trinajstić information content (AvgIpc) is 2.83. The highest BCUT2D eigenvalue weighted by atomic mass is 32.2. The molecule has 0 spiro atoms. The van der Waals surface area contributed by atoms with E-state index in [0.717, 1.165) is 50.3 Å². The first-order valence-electron chi connectivity index (χ1n) is 14.9. The van der Waals surface area contributed by atoms with Gasteiger partial charge in [0, 0.05) is 75.7 Å². The lowest BCUT2D eigenvalue weighted by atomic mass is 10.1. The van der Waals surface area contributed by atoms with Crippen molar-refractivity contribution in [3.8, 4) is 0 Å². The Hall–Kier alpha value is -0.280. The zero-order valence-corrected chi connectivity index (χ0v) is 26.7. The Morgan fingerprint density at radius 1 is 0.650 bits per heavy atom. The molecule has 0 aromatic rings. The van der Waals surface area contributed by atoms with Crippen LogP contribution in [0.2, 0.25) is 0 Å². The van der Waals surface area contributed by atoms with E-state index in [-0.39, 0.29) is 22.3 Å². The fourth-order valence-corrected chi connectivity index (χ4v) is 6.62. The van der Waals surface area contributed by atoms with Gasteiger partial charge < -0.3 is 31.1 Å². The van der Waals surface area contributed by atoms with Gasteiger partial charge in [-0.3, -0.25) is 19.4 Å². The third-order valence-corrected chi connectivity index (χ3v) is 8.45. The van der Waals surface area contributed by atoms with Crippen molar-refractivity contribution in [2.75, 3.05) is 63.9 Å². The van der Waals surface area contributed by atoms with E-state index in [1.807, 2.05) is 0 Å². The maximum Gasteiger partial charge on any atom is 0.190 e. The first-order chi connectivity index (χ1) is 18.9. The molecule has 1 rings (SSSR count). The fourth-order valence-electron chi connectivity index (χ4n) is 4.83. The lowest BCUT2D eigenvalue weighted by Gasteiger charge is -2.30. The van der Waals surface area contributed by atoms with Gasteiger partial charge in [0.15, 0.2) is 10.2 Å². The topological polar surface area (TPSA) is 146 Å². The van der Waals surface area contributed by atoms with Gasteiger partial charge in [-0.1, -0.05) is 23.5 Å². The molecule has 1 saturated heterocycles. The number of carbonyl (C=O) groups is 2. The Morgan fingerprint density at radius 2 is 0.975 bits per heavy atom. The van der Waals surface area contributed by atoms with Gasteiger partial charge in [0.2, 0.25) is 0 Å². The molecule has 10 nitrogen and oxygen atoms in total. The summed E-state index contributed by atoms with van der Waals surface area (Å²) < 4.78 is 0. The lowest BCUT2D eigenvalue weighted by Crippen LogP contribution is -2.55. The smallest absolute Gasteiger partial charge is 0.190 e. The quantitative estimate of drug-likeness (QED) is 0.0972. The van der Waals surface area contributed by atoms with Crippen LogP contribution in [-0.2, 0) is 9.59 Å². The molecule has 1 aliphatic heterocycles. The molecular weight excluding hydrogens is 552 g/mol. The van der Waals surface area contributed by atoms with Crippen LogP contribution in [0, 0.1) is 0 Å². The Balaban J connectivity index is 2.13. The summed E-state index contributed by atoms with van der Waals surface area (Å²) in [6.07, 6.45) is 2.86. The third kappa shape index (κ3) is 20.6. The number of rotatable bonds is 22. The summed E-state index contributed by atoms with van der Waals surface area (Å²) >= 11 is 2.74. The van der Waals surface area contributed by atoms with Crippen LogP contribution in [-0.4, -0.2) is 141 Å². The average molecular weight is 609 g/mol. The summed E-state index contributed by atoms with van der Waals surface area (Å²) in [7, 11) is 0. The van der Waals surface area contributed by atoms with Crippen molar-refractivity contribution in [2.45, 2.75) is 103 Å². The molecule has 12 heteroatoms. The molecule has 236 valence electrons. The van der Waals surface area contributed by atoms with E-state index in [2.05, 4.69) is 20.4 Å². The van der Waals surface area contributed by atoms with Gasteiger partial charge in [0.25, 0.3) is 0 Å². The summed E-state index contributed by atoms with van der Waals surface area (Å²) in [5.74, 6) is 1.54. The second kappa shape index (κ2) is 22.3. The van der Waals surface area contributed by atoms with Crippen molar-refractivity contribution in [3.63, 3.8) is 0 Å². The van der Waals surface area contributed by atoms with Gasteiger partial charge in [-0.05, 0) is 66.5 Å². The number of carbonyl (C=O) groups excluding carboxylic acids is 2. The van der Waals surface area contributed by atoms with E-state index < -0.39 is 24.4 Å². The lowest BCUT2D eigenvalue weighted by molar-refractivity contribution is -0.112. The number of nitrogens with one attached hydrogen (secondary N) is 2. The second-order valence-electron chi connectivity index (χ2n) is 11.4. The van der Waals surface area contributed by atoms with Gasteiger partial charge in [-0.25, -0.2) is 0 Å². The standard InChI is InChI=1S/C28H56N4O6S2/c1-21(33)17-31(18-22(2)34)9-5-7-11-39-27(37)13-25-15-30-26(16-29-25)14-28(38)40-12-8-6-10-32(19-23(3)35)20-24(4)36/h21-26,29-30,33-36H,5-20H2,1-4H3. The van der Waals surface area contributed by atoms with Crippen molar-refractivity contribution >= 4 is 33.8 Å². The number of nitrogens with zero attached hydrogens (tertiary/aromatic N) is 2. The zero-order chi connectivity index (χ0) is 29.9. The van der Waals surface area contributed by atoms with Crippen LogP contribution in [0.15, 0.2) is 0 Å². The largest absolute Gasteiger partial charge is 0.392 e. The molecule has 0 radical (unpaired) electrons. The summed E-state index contributed by atoms with van der Waals surface area (Å²) in [6, 6.07) is 0.163. The van der Waals surface area contributed by atoms with Crippen molar-refractivity contribution in [1.29, 1.82) is 0 Å². The zero-order valence-electron chi connectivity index (χ0n) is 25.1. The number of piperazine rings is 1. The highest BCUT2D eigenvalue weighted by Gasteiger charge is 2.24. The maximum atomic E-state index is 12.4. The predicted octanol–water partition coefficient (Wildman–Crippen LogP) is 0.904. The molecule has 0 aromatic heterocycles. The van der Waals surface area contributed by atoms with Crippen LogP contribution in [0.25, 0.3) is 0 Å². The molecule has 6 unspecified atom stereocenters. The van der Waals surface area contributed by atoms with Crippen molar-refractivity contribution in [1.82, 2.24) is 20.4 Å². The highest BCUT2D eigenvalue weighted by Crippen LogP contribution is 2.15. The summed E-state index contributed by atoms with van der Waals surface area (Å²) in [4.78, 5) is 28.9. The molecule has 1 heterocycles. The van der Waals surface area contributed by atoms with E-state index in [9.17, 15) is 30.0 Å². The van der Waals surface area contributed by atoms with Crippen LogP contribution in [0.1, 0.15) is 66.2 Å². The third-order valence-electron chi connectivity index (χ3n) is 6.49. The number of unbranched alkanes of at least 4 members (excludes halogenated alkanes) is 2. The number of hydrogen-bond donors (Lipinski definition) is 6. The van der Waals surface area contributed by atoms with Gasteiger partial charge in [-0.15, -0.1) is 0 Å². The van der Waals surface area contributed by atoms with Gasteiger partial charge in [-0.2, -0.15) is 0 Å². The van der Waals surface area contributed by atoms with E-state index in [4.69, 9.17) is 0 Å². The summed E-state index contributed by atoms with van der Waals surface area (Å²) in [5.41, 5.74) is 0. The van der Waals surface area contributed by atoms with Gasteiger partial charge >= 0.3 is 0 Å². The molecule has 0 bridgehead atoms. The maximum absolute atomic E-state index is 12.4. The minimum absolute atomic E-state index is 0.0813. The van der Waals surface area contributed by atoms with Gasteiger partial charge in [0.1, 0.15) is 0 Å². The first kappa shape index (κ1) is 37.7. The first-order valence-corrected chi connectivity index (χ1v) is 16.9. The number of aliphatic hydroxyl groups is 4. The SMILES string of the molecule is CC(O)CN(CCCCSC(=O)CC1CNC(CC(=O)SCCCCN(CC(C)O)CC(C)O)CN1)CC(C)O. The van der Waals surface area contributed by atoms with Crippen molar-refractivity contribution in [3.05, 3.63) is 0 Å². The van der Waals surface area contributed by atoms with Crippen molar-refractivity contribution in [2.24, 2.45) is 0 Å². The van der Waals surface area contributed by atoms with Crippen LogP contribution in [0.5, 0.6) is 0 Å². The molecule has 0 amide bonds. The molecule has 0 aromatic carbocycles. The Labute approximate surface area is 250 Å². The minimum Gasteiger partial charge on any atom is -0.392 e. The van der Waals surface area contributed by atoms with Crippen LogP contribution in [0.3, 0.4) is 0 Å². The van der Waals surface area contributed by atoms with Crippen LogP contribution < -0.4 is 10.6 Å². The molecule has 1 fully saturated rings. The molecule has 40 heavy (non-hydrogen) atoms. The minimum atomic E-state index is -0.431. The number of thioether (sulfide) groups is 2. The molecule has 6 atom stereocenters. The molecule has 1 aliphatic rings. The van der Waals surface area contributed by atoms with E-state index in [1.165, 1.54) is 23.5 Å². The van der Waals surface area contributed by atoms with E-state index >= 15 is 0 Å². The normalized spacial score (nSPS) is 20.9. The molecule has 0 saturated carbocycles. The number of aliphatic hydroxyl groups excluding tert-OH is 4. The summed E-state index contributed by atoms with van der Waals surface area (Å²) in [6.45, 7) is 12.1. The van der Waals surface area contributed by atoms with Crippen LogP contribution in [0.4, 0.5) is 0 Å². The Kier molecular flexibility index (Phi) is 21.0. The monoisotopic (exact) mass is 608 g/mol. The highest BCUT2D eigenvalue weighted by molar-refractivity contribution is 8.13. The fraction of sp³-hybridized carbons (Fsp3) is 0.929. The second-order valence-corrected chi connectivity index (χ2v) is 13.7. The van der Waals surface area contributed by atoms with Crippen molar-refractivity contribution < 1.29 is 30.0 Å². The predicted molar refractivity (Wildman–Crippen MR) is 166 cm³/mol. The van der Waals surface area contributed by atoms with E-state index in [1.54, 1.807) is 27.7 Å². The van der Waals surface area contributed by atoms with Gasteiger partial charge in [0.05, 0.1) is 24.4 Å². The van der Waals surface area contributed by atoms with Crippen LogP contribution >= 0.6 is 23.5 Å². The summed E-state index contributed by atoms with van der Waals surface area (Å²) in [5, 5.41) is 45.7. The Morgan fingerprint density at radius 3 is 1.25 bits per heavy atom.